The summed E-state index contributed by atoms with van der Waals surface area (Å²) < 4.78 is 2.75. The first-order chi connectivity index (χ1) is 5.43. The van der Waals surface area contributed by atoms with E-state index in [4.69, 9.17) is 0 Å². The van der Waals surface area contributed by atoms with Crippen LogP contribution in [0.3, 0.4) is 0 Å². The van der Waals surface area contributed by atoms with Crippen molar-refractivity contribution in [1.82, 2.24) is 4.98 Å². The first kappa shape index (κ1) is 9.03. The van der Waals surface area contributed by atoms with Gasteiger partial charge in [0.25, 0.3) is 0 Å². The van der Waals surface area contributed by atoms with E-state index in [9.17, 15) is 0 Å². The normalized spacial score (nSPS) is 9.91. The summed E-state index contributed by atoms with van der Waals surface area (Å²) in [6, 6.07) is 6.22. The number of pyridine rings is 1. The molecule has 1 rings (SSSR count). The van der Waals surface area contributed by atoms with E-state index in [1.54, 1.807) is 0 Å². The van der Waals surface area contributed by atoms with Gasteiger partial charge in [0.15, 0.2) is 0 Å². The van der Waals surface area contributed by atoms with Crippen LogP contribution in [-0.2, 0) is 0 Å². The van der Waals surface area contributed by atoms with Crippen LogP contribution in [0.25, 0.3) is 0 Å². The van der Waals surface area contributed by atoms with Crippen molar-refractivity contribution in [3.8, 4) is 0 Å². The van der Waals surface area contributed by atoms with E-state index in [2.05, 4.69) is 24.0 Å². The minimum absolute atomic E-state index is 0.0412. The van der Waals surface area contributed by atoms with Gasteiger partial charge in [-0.3, -0.25) is 0 Å². The summed E-state index contributed by atoms with van der Waals surface area (Å²) in [5.41, 5.74) is 0. The van der Waals surface area contributed by atoms with Crippen LogP contribution in [-0.4, -0.2) is 25.9 Å². The van der Waals surface area contributed by atoms with Crippen LogP contribution in [0, 0.1) is 0 Å². The monoisotopic (exact) mass is 265 g/mol. The summed E-state index contributed by atoms with van der Waals surface area (Å²) in [4.78, 5) is 4.31. The molecule has 0 amide bonds. The number of rotatable bonds is 4. The molecular formula is C9H13NTe. The molecular weight excluding hydrogens is 250 g/mol. The summed E-state index contributed by atoms with van der Waals surface area (Å²) in [7, 11) is 0. The molecule has 1 aromatic heterocycles. The SMILES string of the molecule is CCCC[Te]c1ccccn1. The molecule has 0 saturated heterocycles. The maximum atomic E-state index is 4.31. The number of hydrogen-bond donors (Lipinski definition) is 0. The van der Waals surface area contributed by atoms with Gasteiger partial charge in [-0.05, 0) is 0 Å². The average molecular weight is 263 g/mol. The Hall–Kier alpha value is -0.0604. The number of unbranched alkanes of at least 4 members (excludes halogenated alkanes) is 1. The quantitative estimate of drug-likeness (QED) is 0.594. The van der Waals surface area contributed by atoms with Crippen molar-refractivity contribution in [1.29, 1.82) is 0 Å². The molecule has 0 aliphatic rings. The van der Waals surface area contributed by atoms with Gasteiger partial charge in [-0.2, -0.15) is 0 Å². The van der Waals surface area contributed by atoms with Gasteiger partial charge in [-0.25, -0.2) is 0 Å². The van der Waals surface area contributed by atoms with Crippen LogP contribution in [0.5, 0.6) is 0 Å². The van der Waals surface area contributed by atoms with Crippen molar-refractivity contribution in [2.45, 2.75) is 24.2 Å². The van der Waals surface area contributed by atoms with Crippen LogP contribution in [0.4, 0.5) is 0 Å². The zero-order chi connectivity index (χ0) is 7.94. The number of aromatic nitrogens is 1. The Kier molecular flexibility index (Phi) is 4.57. The molecule has 0 atom stereocenters. The third-order valence-electron chi connectivity index (χ3n) is 1.39. The number of hydrogen-bond acceptors (Lipinski definition) is 1. The minimum atomic E-state index is 0.0412. The summed E-state index contributed by atoms with van der Waals surface area (Å²) in [5.74, 6) is 0. The van der Waals surface area contributed by atoms with E-state index in [0.717, 1.165) is 0 Å². The van der Waals surface area contributed by atoms with Gasteiger partial charge in [-0.1, -0.05) is 0 Å². The molecule has 1 heterocycles. The second-order valence-electron chi connectivity index (χ2n) is 2.37. The van der Waals surface area contributed by atoms with E-state index >= 15 is 0 Å². The summed E-state index contributed by atoms with van der Waals surface area (Å²) >= 11 is 0.0412. The van der Waals surface area contributed by atoms with Crippen LogP contribution in [0.15, 0.2) is 24.4 Å². The Bertz CT molecular complexity index is 186. The molecule has 0 aliphatic carbocycles. The van der Waals surface area contributed by atoms with Crippen molar-refractivity contribution in [2.75, 3.05) is 0 Å². The molecule has 0 N–H and O–H groups in total. The average Bonchev–Trinajstić information content (AvgIpc) is 2.07. The third kappa shape index (κ3) is 3.74. The molecule has 1 nitrogen and oxygen atoms in total. The topological polar surface area (TPSA) is 12.9 Å². The van der Waals surface area contributed by atoms with Gasteiger partial charge >= 0.3 is 78.3 Å². The predicted octanol–water partition coefficient (Wildman–Crippen LogP) is 1.63. The van der Waals surface area contributed by atoms with E-state index in [-0.39, 0.29) is 20.9 Å². The fraction of sp³-hybridized carbons (Fsp3) is 0.444. The van der Waals surface area contributed by atoms with Gasteiger partial charge in [0.2, 0.25) is 0 Å². The molecule has 0 saturated carbocycles. The summed E-state index contributed by atoms with van der Waals surface area (Å²) in [6.45, 7) is 2.24. The zero-order valence-corrected chi connectivity index (χ0v) is 9.12. The third-order valence-corrected chi connectivity index (χ3v) is 4.33. The molecule has 0 fully saturated rings. The van der Waals surface area contributed by atoms with E-state index in [0.29, 0.717) is 0 Å². The Balaban J connectivity index is 2.28. The Morgan fingerprint density at radius 3 is 3.00 bits per heavy atom. The van der Waals surface area contributed by atoms with Crippen molar-refractivity contribution < 1.29 is 0 Å². The Labute approximate surface area is 78.3 Å². The Morgan fingerprint density at radius 2 is 2.36 bits per heavy atom. The van der Waals surface area contributed by atoms with Crippen LogP contribution in [0.1, 0.15) is 19.8 Å². The predicted molar refractivity (Wildman–Crippen MR) is 49.3 cm³/mol. The van der Waals surface area contributed by atoms with Crippen LogP contribution < -0.4 is 3.74 Å². The summed E-state index contributed by atoms with van der Waals surface area (Å²) in [6.07, 6.45) is 4.59. The molecule has 0 spiro atoms. The Morgan fingerprint density at radius 1 is 1.45 bits per heavy atom. The first-order valence-corrected chi connectivity index (χ1v) is 6.78. The zero-order valence-electron chi connectivity index (χ0n) is 6.79. The van der Waals surface area contributed by atoms with Crippen molar-refractivity contribution >= 4 is 24.7 Å². The van der Waals surface area contributed by atoms with E-state index in [1.807, 2.05) is 12.3 Å². The second kappa shape index (κ2) is 5.57. The maximum absolute atomic E-state index is 4.31. The molecule has 0 aromatic carbocycles. The molecule has 0 unspecified atom stereocenters. The molecule has 0 aliphatic heterocycles. The van der Waals surface area contributed by atoms with Gasteiger partial charge in [0, 0.05) is 0 Å². The molecule has 0 radical (unpaired) electrons. The van der Waals surface area contributed by atoms with Gasteiger partial charge in [-0.15, -0.1) is 0 Å². The summed E-state index contributed by atoms with van der Waals surface area (Å²) in [5, 5.41) is 0. The van der Waals surface area contributed by atoms with Gasteiger partial charge in [0.05, 0.1) is 0 Å². The van der Waals surface area contributed by atoms with E-state index < -0.39 is 0 Å². The standard InChI is InChI=1S/C9H13NTe/c1-2-3-8-11-9-6-4-5-7-10-9/h4-7H,2-3,8H2,1H3. The molecule has 0 bridgehead atoms. The van der Waals surface area contributed by atoms with Crippen molar-refractivity contribution in [2.24, 2.45) is 0 Å². The number of nitrogens with zero attached hydrogens (tertiary/aromatic N) is 1. The fourth-order valence-corrected chi connectivity index (χ4v) is 3.47. The molecule has 2 heteroatoms. The van der Waals surface area contributed by atoms with Crippen molar-refractivity contribution in [3.63, 3.8) is 0 Å². The van der Waals surface area contributed by atoms with Crippen LogP contribution >= 0.6 is 0 Å². The molecule has 60 valence electrons. The first-order valence-electron chi connectivity index (χ1n) is 3.97. The van der Waals surface area contributed by atoms with Gasteiger partial charge < -0.3 is 0 Å². The molecule has 11 heavy (non-hydrogen) atoms. The second-order valence-corrected chi connectivity index (χ2v) is 5.55. The van der Waals surface area contributed by atoms with E-state index in [1.165, 1.54) is 21.1 Å². The van der Waals surface area contributed by atoms with Crippen LogP contribution in [0.2, 0.25) is 4.47 Å². The molecule has 1 aromatic rings. The fourth-order valence-electron chi connectivity index (χ4n) is 0.754. The van der Waals surface area contributed by atoms with Crippen molar-refractivity contribution in [3.05, 3.63) is 24.4 Å². The van der Waals surface area contributed by atoms with Gasteiger partial charge in [0.1, 0.15) is 0 Å².